The van der Waals surface area contributed by atoms with Crippen molar-refractivity contribution in [2.45, 2.75) is 13.5 Å². The van der Waals surface area contributed by atoms with Crippen molar-refractivity contribution in [3.8, 4) is 0 Å². The molecular weight excluding hydrogens is 292 g/mol. The fraction of sp³-hybridized carbons (Fsp3) is 0.357. The van der Waals surface area contributed by atoms with E-state index in [0.717, 1.165) is 16.5 Å². The average molecular weight is 308 g/mol. The van der Waals surface area contributed by atoms with E-state index in [0.29, 0.717) is 13.1 Å². The molecule has 1 aromatic rings. The number of carboxylic acids is 1. The van der Waals surface area contributed by atoms with Crippen molar-refractivity contribution in [1.82, 2.24) is 9.80 Å². The number of aliphatic carboxylic acids is 1. The van der Waals surface area contributed by atoms with E-state index in [9.17, 15) is 14.4 Å². The number of carboxylic acid groups (broad SMARTS) is 1. The zero-order valence-electron chi connectivity index (χ0n) is 11.6. The van der Waals surface area contributed by atoms with Crippen LogP contribution >= 0.6 is 11.3 Å². The molecule has 1 N–H and O–H groups in total. The van der Waals surface area contributed by atoms with E-state index in [1.807, 2.05) is 12.3 Å². The lowest BCUT2D eigenvalue weighted by Crippen LogP contribution is -2.53. The molecule has 0 saturated carbocycles. The Hall–Kier alpha value is -2.15. The Morgan fingerprint density at radius 2 is 2.00 bits per heavy atom. The van der Waals surface area contributed by atoms with Crippen molar-refractivity contribution in [3.63, 3.8) is 0 Å². The molecule has 2 rings (SSSR count). The van der Waals surface area contributed by atoms with Gasteiger partial charge in [0.05, 0.1) is 13.1 Å². The molecule has 1 saturated heterocycles. The Morgan fingerprint density at radius 3 is 2.67 bits per heavy atom. The average Bonchev–Trinajstić information content (AvgIpc) is 2.87. The van der Waals surface area contributed by atoms with Gasteiger partial charge in [0.2, 0.25) is 11.8 Å². The molecule has 21 heavy (non-hydrogen) atoms. The molecule has 1 fully saturated rings. The summed E-state index contributed by atoms with van der Waals surface area (Å²) >= 11 is 1.44. The third kappa shape index (κ3) is 3.69. The highest BCUT2D eigenvalue weighted by Crippen LogP contribution is 2.21. The van der Waals surface area contributed by atoms with Gasteiger partial charge in [-0.2, -0.15) is 0 Å². The molecule has 1 aromatic heterocycles. The van der Waals surface area contributed by atoms with Crippen LogP contribution < -0.4 is 0 Å². The lowest BCUT2D eigenvalue weighted by Gasteiger charge is -2.33. The second-order valence-corrected chi connectivity index (χ2v) is 5.63. The Bertz CT molecular complexity index is 594. The molecule has 7 heteroatoms. The van der Waals surface area contributed by atoms with Crippen LogP contribution in [0.3, 0.4) is 0 Å². The minimum absolute atomic E-state index is 0.0590. The van der Waals surface area contributed by atoms with Gasteiger partial charge in [-0.3, -0.25) is 9.59 Å². The zero-order chi connectivity index (χ0) is 15.4. The van der Waals surface area contributed by atoms with E-state index < -0.39 is 5.97 Å². The van der Waals surface area contributed by atoms with Crippen LogP contribution in [0.2, 0.25) is 0 Å². The number of thiophene rings is 1. The molecule has 0 bridgehead atoms. The summed E-state index contributed by atoms with van der Waals surface area (Å²) in [5, 5.41) is 10.5. The number of nitrogens with zero attached hydrogens (tertiary/aromatic N) is 2. The van der Waals surface area contributed by atoms with Crippen molar-refractivity contribution in [1.29, 1.82) is 0 Å². The quantitative estimate of drug-likeness (QED) is 0.824. The highest BCUT2D eigenvalue weighted by molar-refractivity contribution is 7.10. The summed E-state index contributed by atoms with van der Waals surface area (Å²) in [6.07, 6.45) is 2.57. The fourth-order valence-corrected chi connectivity index (χ4v) is 2.98. The lowest BCUT2D eigenvalue weighted by atomic mass is 10.2. The predicted molar refractivity (Wildman–Crippen MR) is 78.7 cm³/mol. The first-order chi connectivity index (χ1) is 10.0. The Morgan fingerprint density at radius 1 is 1.33 bits per heavy atom. The molecule has 0 aromatic carbocycles. The molecule has 0 aliphatic carbocycles. The molecule has 0 atom stereocenters. The summed E-state index contributed by atoms with van der Waals surface area (Å²) in [5.41, 5.74) is 0.764. The molecule has 0 spiro atoms. The third-order valence-corrected chi connectivity index (χ3v) is 4.18. The first kappa shape index (κ1) is 15.2. The van der Waals surface area contributed by atoms with Gasteiger partial charge >= 0.3 is 5.97 Å². The molecule has 112 valence electrons. The van der Waals surface area contributed by atoms with Crippen molar-refractivity contribution in [3.05, 3.63) is 28.0 Å². The van der Waals surface area contributed by atoms with Gasteiger partial charge in [-0.05, 0) is 30.0 Å². The van der Waals surface area contributed by atoms with E-state index in [1.165, 1.54) is 27.2 Å². The highest BCUT2D eigenvalue weighted by Gasteiger charge is 2.29. The summed E-state index contributed by atoms with van der Waals surface area (Å²) < 4.78 is 0. The molecule has 0 radical (unpaired) electrons. The number of likely N-dealkylation sites (N-methyl/N-ethyl adjacent to an activating group) is 1. The monoisotopic (exact) mass is 308 g/mol. The van der Waals surface area contributed by atoms with E-state index in [1.54, 1.807) is 6.07 Å². The zero-order valence-corrected chi connectivity index (χ0v) is 12.4. The molecular formula is C14H16N2O4S. The number of hydrogen-bond donors (Lipinski definition) is 1. The van der Waals surface area contributed by atoms with Gasteiger partial charge in [0.15, 0.2) is 0 Å². The van der Waals surface area contributed by atoms with Crippen LogP contribution in [0.25, 0.3) is 6.08 Å². The maximum absolute atomic E-state index is 12.0. The van der Waals surface area contributed by atoms with Crippen LogP contribution in [0.4, 0.5) is 0 Å². The van der Waals surface area contributed by atoms with Crippen LogP contribution in [0, 0.1) is 0 Å². The molecule has 1 aliphatic rings. The Balaban J connectivity index is 2.09. The molecule has 2 amide bonds. The maximum atomic E-state index is 12.0. The number of amides is 2. The van der Waals surface area contributed by atoms with Gasteiger partial charge in [0.1, 0.15) is 6.54 Å². The fourth-order valence-electron chi connectivity index (χ4n) is 2.10. The normalized spacial score (nSPS) is 16.0. The van der Waals surface area contributed by atoms with Gasteiger partial charge in [-0.25, -0.2) is 4.79 Å². The number of piperazine rings is 1. The number of hydrogen-bond acceptors (Lipinski definition) is 4. The van der Waals surface area contributed by atoms with Gasteiger partial charge in [-0.1, -0.05) is 0 Å². The summed E-state index contributed by atoms with van der Waals surface area (Å²) in [6.45, 7) is 2.89. The Labute approximate surface area is 126 Å². The third-order valence-electron chi connectivity index (χ3n) is 3.26. The highest BCUT2D eigenvalue weighted by atomic mass is 32.1. The minimum Gasteiger partial charge on any atom is -0.478 e. The summed E-state index contributed by atoms with van der Waals surface area (Å²) in [4.78, 5) is 38.4. The van der Waals surface area contributed by atoms with Crippen LogP contribution in [0.5, 0.6) is 0 Å². The van der Waals surface area contributed by atoms with E-state index in [2.05, 4.69) is 0 Å². The molecule has 6 nitrogen and oxygen atoms in total. The van der Waals surface area contributed by atoms with Crippen LogP contribution in [0.1, 0.15) is 17.4 Å². The standard InChI is InChI=1S/C14H16N2O4S/c1-2-15-8-13(18)16(9-12(15)17)7-11-10(5-6-21-11)3-4-14(19)20/h3-6H,2,7-9H2,1H3,(H,19,20)/b4-3+. The largest absolute Gasteiger partial charge is 0.478 e. The van der Waals surface area contributed by atoms with Crippen molar-refractivity contribution >= 4 is 35.2 Å². The maximum Gasteiger partial charge on any atom is 0.328 e. The van der Waals surface area contributed by atoms with Crippen molar-refractivity contribution < 1.29 is 19.5 Å². The second-order valence-electron chi connectivity index (χ2n) is 4.63. The lowest BCUT2D eigenvalue weighted by molar-refractivity contribution is -0.150. The Kier molecular flexibility index (Phi) is 4.74. The summed E-state index contributed by atoms with van der Waals surface area (Å²) in [6, 6.07) is 1.80. The van der Waals surface area contributed by atoms with Crippen molar-refractivity contribution in [2.24, 2.45) is 0 Å². The van der Waals surface area contributed by atoms with Gasteiger partial charge in [0, 0.05) is 17.5 Å². The smallest absolute Gasteiger partial charge is 0.328 e. The van der Waals surface area contributed by atoms with Gasteiger partial charge < -0.3 is 14.9 Å². The number of rotatable bonds is 5. The van der Waals surface area contributed by atoms with E-state index in [4.69, 9.17) is 5.11 Å². The van der Waals surface area contributed by atoms with Gasteiger partial charge in [0.25, 0.3) is 0 Å². The summed E-state index contributed by atoms with van der Waals surface area (Å²) in [7, 11) is 0. The number of carbonyl (C=O) groups excluding carboxylic acids is 2. The summed E-state index contributed by atoms with van der Waals surface area (Å²) in [5.74, 6) is -1.16. The first-order valence-electron chi connectivity index (χ1n) is 6.54. The van der Waals surface area contributed by atoms with Crippen molar-refractivity contribution in [2.75, 3.05) is 19.6 Å². The second kappa shape index (κ2) is 6.53. The molecule has 2 heterocycles. The van der Waals surface area contributed by atoms with Crippen LogP contribution in [-0.2, 0) is 20.9 Å². The molecule has 0 unspecified atom stereocenters. The topological polar surface area (TPSA) is 77.9 Å². The molecule has 1 aliphatic heterocycles. The van der Waals surface area contributed by atoms with E-state index >= 15 is 0 Å². The van der Waals surface area contributed by atoms with E-state index in [-0.39, 0.29) is 24.9 Å². The SMILES string of the molecule is CCN1CC(=O)N(Cc2sccc2/C=C/C(=O)O)CC1=O. The first-order valence-corrected chi connectivity index (χ1v) is 7.42. The minimum atomic E-state index is -1.02. The predicted octanol–water partition coefficient (Wildman–Crippen LogP) is 1.04. The number of carbonyl (C=O) groups is 3. The van der Waals surface area contributed by atoms with Crippen LogP contribution in [-0.4, -0.2) is 52.3 Å². The van der Waals surface area contributed by atoms with Crippen LogP contribution in [0.15, 0.2) is 17.5 Å². The van der Waals surface area contributed by atoms with Gasteiger partial charge in [-0.15, -0.1) is 11.3 Å².